The predicted octanol–water partition coefficient (Wildman–Crippen LogP) is 2.11. The third kappa shape index (κ3) is 1.48. The van der Waals surface area contributed by atoms with Gasteiger partial charge < -0.3 is 9.15 Å². The zero-order valence-electron chi connectivity index (χ0n) is 8.66. The van der Waals surface area contributed by atoms with E-state index in [1.165, 1.54) is 0 Å². The number of carbonyl (C=O) groups excluding carboxylic acids is 1. The smallest absolute Gasteiger partial charge is 0.172 e. The van der Waals surface area contributed by atoms with Crippen molar-refractivity contribution in [2.75, 3.05) is 7.11 Å². The topological polar surface area (TPSA) is 39.4 Å². The monoisotopic (exact) mass is 194 g/mol. The van der Waals surface area contributed by atoms with Gasteiger partial charge in [-0.2, -0.15) is 0 Å². The second-order valence-electron chi connectivity index (χ2n) is 3.81. The number of carbonyl (C=O) groups is 1. The lowest BCUT2D eigenvalue weighted by atomic mass is 10.1. The summed E-state index contributed by atoms with van der Waals surface area (Å²) in [6.07, 6.45) is 0.969. The maximum atomic E-state index is 11.9. The first-order valence-corrected chi connectivity index (χ1v) is 4.77. The molecule has 1 aliphatic carbocycles. The van der Waals surface area contributed by atoms with Gasteiger partial charge in [-0.3, -0.25) is 4.79 Å². The summed E-state index contributed by atoms with van der Waals surface area (Å²) in [5.41, 5.74) is 0.715. The zero-order valence-corrected chi connectivity index (χ0v) is 8.66. The Morgan fingerprint density at radius 1 is 1.57 bits per heavy atom. The van der Waals surface area contributed by atoms with Gasteiger partial charge >= 0.3 is 0 Å². The quantitative estimate of drug-likeness (QED) is 0.692. The molecule has 2 unspecified atom stereocenters. The summed E-state index contributed by atoms with van der Waals surface area (Å²) < 4.78 is 10.4. The lowest BCUT2D eigenvalue weighted by Crippen LogP contribution is -2.06. The van der Waals surface area contributed by atoms with Crippen LogP contribution in [0.4, 0.5) is 0 Å². The van der Waals surface area contributed by atoms with Crippen molar-refractivity contribution in [3.8, 4) is 0 Å². The molecule has 0 bridgehead atoms. The standard InChI is InChI=1S/C11H14O3/c1-6-4-8(7(2)14-6)11(12)9-5-10(9)13-3/h4,9-10H,5H2,1-3H3. The van der Waals surface area contributed by atoms with E-state index in [0.29, 0.717) is 11.3 Å². The fraction of sp³-hybridized carbons (Fsp3) is 0.545. The van der Waals surface area contributed by atoms with Crippen LogP contribution in [0, 0.1) is 19.8 Å². The normalized spacial score (nSPS) is 25.1. The van der Waals surface area contributed by atoms with E-state index in [1.807, 2.05) is 19.9 Å². The van der Waals surface area contributed by atoms with Crippen LogP contribution in [-0.2, 0) is 4.74 Å². The lowest BCUT2D eigenvalue weighted by molar-refractivity contribution is 0.0917. The minimum atomic E-state index is 0.0516. The predicted molar refractivity (Wildman–Crippen MR) is 51.4 cm³/mol. The number of hydrogen-bond donors (Lipinski definition) is 0. The minimum Gasteiger partial charge on any atom is -0.466 e. The van der Waals surface area contributed by atoms with E-state index in [4.69, 9.17) is 9.15 Å². The summed E-state index contributed by atoms with van der Waals surface area (Å²) in [6.45, 7) is 3.68. The average molecular weight is 194 g/mol. The third-order valence-corrected chi connectivity index (χ3v) is 2.68. The van der Waals surface area contributed by atoms with Crippen LogP contribution in [0.2, 0.25) is 0 Å². The molecule has 0 saturated heterocycles. The molecule has 3 heteroatoms. The highest BCUT2D eigenvalue weighted by molar-refractivity contribution is 6.00. The van der Waals surface area contributed by atoms with Crippen molar-refractivity contribution in [2.24, 2.45) is 5.92 Å². The molecule has 1 saturated carbocycles. The maximum Gasteiger partial charge on any atom is 0.172 e. The van der Waals surface area contributed by atoms with E-state index < -0.39 is 0 Å². The SMILES string of the molecule is COC1CC1C(=O)c1cc(C)oc1C. The highest BCUT2D eigenvalue weighted by Crippen LogP contribution is 2.37. The van der Waals surface area contributed by atoms with Crippen LogP contribution in [-0.4, -0.2) is 19.0 Å². The molecule has 1 fully saturated rings. The molecule has 1 aliphatic rings. The molecule has 0 aromatic carbocycles. The van der Waals surface area contributed by atoms with Gasteiger partial charge in [0.2, 0.25) is 0 Å². The molecular weight excluding hydrogens is 180 g/mol. The molecule has 76 valence electrons. The molecule has 0 radical (unpaired) electrons. The van der Waals surface area contributed by atoms with Crippen molar-refractivity contribution >= 4 is 5.78 Å². The Balaban J connectivity index is 2.16. The second-order valence-corrected chi connectivity index (χ2v) is 3.81. The Labute approximate surface area is 83.0 Å². The van der Waals surface area contributed by atoms with Gasteiger partial charge in [0, 0.05) is 7.11 Å². The Kier molecular flexibility index (Phi) is 2.19. The van der Waals surface area contributed by atoms with Crippen molar-refractivity contribution in [2.45, 2.75) is 26.4 Å². The molecule has 3 nitrogen and oxygen atoms in total. The Morgan fingerprint density at radius 3 is 2.71 bits per heavy atom. The van der Waals surface area contributed by atoms with E-state index in [9.17, 15) is 4.79 Å². The molecule has 1 aromatic rings. The molecule has 14 heavy (non-hydrogen) atoms. The highest BCUT2D eigenvalue weighted by Gasteiger charge is 2.44. The summed E-state index contributed by atoms with van der Waals surface area (Å²) in [5, 5.41) is 0. The molecule has 1 aromatic heterocycles. The summed E-state index contributed by atoms with van der Waals surface area (Å²) >= 11 is 0. The first-order chi connectivity index (χ1) is 6.63. The average Bonchev–Trinajstić information content (AvgIpc) is 2.85. The number of hydrogen-bond acceptors (Lipinski definition) is 3. The zero-order chi connectivity index (χ0) is 10.3. The maximum absolute atomic E-state index is 11.9. The molecule has 0 aliphatic heterocycles. The van der Waals surface area contributed by atoms with Crippen LogP contribution in [0.15, 0.2) is 10.5 Å². The Morgan fingerprint density at radius 2 is 2.29 bits per heavy atom. The van der Waals surface area contributed by atoms with Crippen molar-refractivity contribution in [3.63, 3.8) is 0 Å². The summed E-state index contributed by atoms with van der Waals surface area (Å²) in [7, 11) is 1.64. The van der Waals surface area contributed by atoms with Crippen LogP contribution in [0.25, 0.3) is 0 Å². The number of rotatable bonds is 3. The number of ketones is 1. The van der Waals surface area contributed by atoms with Crippen molar-refractivity contribution in [1.82, 2.24) is 0 Å². The molecule has 1 heterocycles. The number of aryl methyl sites for hydroxylation is 2. The van der Waals surface area contributed by atoms with Gasteiger partial charge in [0.05, 0.1) is 17.6 Å². The van der Waals surface area contributed by atoms with Crippen molar-refractivity contribution < 1.29 is 13.9 Å². The van der Waals surface area contributed by atoms with Gasteiger partial charge in [0.25, 0.3) is 0 Å². The summed E-state index contributed by atoms with van der Waals surface area (Å²) in [4.78, 5) is 11.9. The van der Waals surface area contributed by atoms with Gasteiger partial charge in [-0.15, -0.1) is 0 Å². The van der Waals surface area contributed by atoms with E-state index in [2.05, 4.69) is 0 Å². The van der Waals surface area contributed by atoms with Gasteiger partial charge in [-0.1, -0.05) is 0 Å². The Bertz CT molecular complexity index is 365. The summed E-state index contributed by atoms with van der Waals surface area (Å²) in [6, 6.07) is 1.81. The van der Waals surface area contributed by atoms with Crippen LogP contribution in [0.3, 0.4) is 0 Å². The van der Waals surface area contributed by atoms with Crippen molar-refractivity contribution in [1.29, 1.82) is 0 Å². The lowest BCUT2D eigenvalue weighted by Gasteiger charge is -1.96. The van der Waals surface area contributed by atoms with Crippen LogP contribution < -0.4 is 0 Å². The van der Waals surface area contributed by atoms with Gasteiger partial charge in [-0.05, 0) is 26.3 Å². The van der Waals surface area contributed by atoms with E-state index >= 15 is 0 Å². The van der Waals surface area contributed by atoms with Crippen molar-refractivity contribution in [3.05, 3.63) is 23.2 Å². The number of Topliss-reactive ketones (excluding diaryl/α,β-unsaturated/α-hetero) is 1. The number of furan rings is 1. The first-order valence-electron chi connectivity index (χ1n) is 4.77. The van der Waals surface area contributed by atoms with Crippen LogP contribution in [0.1, 0.15) is 28.3 Å². The fourth-order valence-corrected chi connectivity index (χ4v) is 1.78. The second kappa shape index (κ2) is 3.24. The van der Waals surface area contributed by atoms with Crippen LogP contribution in [0.5, 0.6) is 0 Å². The molecule has 0 N–H and O–H groups in total. The molecule has 2 rings (SSSR count). The number of ether oxygens (including phenoxy) is 1. The van der Waals surface area contributed by atoms with E-state index in [-0.39, 0.29) is 17.8 Å². The van der Waals surface area contributed by atoms with Gasteiger partial charge in [-0.25, -0.2) is 0 Å². The van der Waals surface area contributed by atoms with E-state index in [0.717, 1.165) is 12.2 Å². The molecular formula is C11H14O3. The fourth-order valence-electron chi connectivity index (χ4n) is 1.78. The minimum absolute atomic E-state index is 0.0516. The van der Waals surface area contributed by atoms with Crippen LogP contribution >= 0.6 is 0 Å². The number of methoxy groups -OCH3 is 1. The largest absolute Gasteiger partial charge is 0.466 e. The summed E-state index contributed by atoms with van der Waals surface area (Å²) in [5.74, 6) is 1.72. The van der Waals surface area contributed by atoms with Gasteiger partial charge in [0.1, 0.15) is 11.5 Å². The molecule has 2 atom stereocenters. The third-order valence-electron chi connectivity index (χ3n) is 2.68. The molecule has 0 amide bonds. The van der Waals surface area contributed by atoms with Gasteiger partial charge in [0.15, 0.2) is 5.78 Å². The Hall–Kier alpha value is -1.09. The molecule has 0 spiro atoms. The highest BCUT2D eigenvalue weighted by atomic mass is 16.5. The first kappa shape index (κ1) is 9.46. The van der Waals surface area contributed by atoms with E-state index in [1.54, 1.807) is 7.11 Å².